The van der Waals surface area contributed by atoms with E-state index in [1.165, 1.54) is 0 Å². The standard InChI is InChI=1S/C12H17ClN2O2/c1-15(2)12(16)8-14-7-9-4-5-11(17-3)10(13)6-9/h4-6,14H,7-8H2,1-3H3. The average Bonchev–Trinajstić information content (AvgIpc) is 2.29. The summed E-state index contributed by atoms with van der Waals surface area (Å²) in [5, 5.41) is 3.63. The SMILES string of the molecule is COc1ccc(CNCC(=O)N(C)C)cc1Cl. The number of hydrogen-bond acceptors (Lipinski definition) is 3. The molecule has 0 saturated heterocycles. The van der Waals surface area contributed by atoms with Gasteiger partial charge >= 0.3 is 0 Å². The van der Waals surface area contributed by atoms with Crippen LogP contribution in [0, 0.1) is 0 Å². The highest BCUT2D eigenvalue weighted by atomic mass is 35.5. The Morgan fingerprint density at radius 2 is 2.18 bits per heavy atom. The van der Waals surface area contributed by atoms with Gasteiger partial charge in [0.05, 0.1) is 18.7 Å². The number of carbonyl (C=O) groups is 1. The molecule has 1 N–H and O–H groups in total. The van der Waals surface area contributed by atoms with Gasteiger partial charge in [0.25, 0.3) is 0 Å². The van der Waals surface area contributed by atoms with Gasteiger partial charge in [-0.3, -0.25) is 4.79 Å². The van der Waals surface area contributed by atoms with Crippen molar-refractivity contribution in [1.29, 1.82) is 0 Å². The van der Waals surface area contributed by atoms with E-state index >= 15 is 0 Å². The predicted octanol–water partition coefficient (Wildman–Crippen LogP) is 1.53. The molecular weight excluding hydrogens is 240 g/mol. The van der Waals surface area contributed by atoms with Gasteiger partial charge in [-0.05, 0) is 17.7 Å². The van der Waals surface area contributed by atoms with Crippen LogP contribution in [0.4, 0.5) is 0 Å². The number of hydrogen-bond donors (Lipinski definition) is 1. The van der Waals surface area contributed by atoms with Crippen molar-refractivity contribution in [3.63, 3.8) is 0 Å². The predicted molar refractivity (Wildman–Crippen MR) is 68.4 cm³/mol. The molecule has 1 aromatic rings. The molecule has 0 unspecified atom stereocenters. The van der Waals surface area contributed by atoms with Crippen LogP contribution in [0.5, 0.6) is 5.75 Å². The van der Waals surface area contributed by atoms with E-state index in [2.05, 4.69) is 5.32 Å². The lowest BCUT2D eigenvalue weighted by molar-refractivity contribution is -0.127. The first kappa shape index (κ1) is 13.8. The molecule has 1 rings (SSSR count). The molecule has 17 heavy (non-hydrogen) atoms. The van der Waals surface area contributed by atoms with E-state index in [1.54, 1.807) is 26.1 Å². The van der Waals surface area contributed by atoms with Gasteiger partial charge < -0.3 is 15.0 Å². The molecule has 4 nitrogen and oxygen atoms in total. The fraction of sp³-hybridized carbons (Fsp3) is 0.417. The Bertz CT molecular complexity index is 394. The maximum absolute atomic E-state index is 11.3. The van der Waals surface area contributed by atoms with Crippen molar-refractivity contribution < 1.29 is 9.53 Å². The Kier molecular flexibility index (Phi) is 5.25. The van der Waals surface area contributed by atoms with E-state index in [-0.39, 0.29) is 5.91 Å². The van der Waals surface area contributed by atoms with Crippen molar-refractivity contribution >= 4 is 17.5 Å². The summed E-state index contributed by atoms with van der Waals surface area (Å²) in [7, 11) is 5.04. The second-order valence-electron chi connectivity index (χ2n) is 3.86. The van der Waals surface area contributed by atoms with Gasteiger partial charge in [0.15, 0.2) is 0 Å². The van der Waals surface area contributed by atoms with Crippen molar-refractivity contribution in [1.82, 2.24) is 10.2 Å². The number of amides is 1. The Morgan fingerprint density at radius 3 is 2.71 bits per heavy atom. The molecule has 1 aromatic carbocycles. The van der Waals surface area contributed by atoms with Crippen molar-refractivity contribution in [3.05, 3.63) is 28.8 Å². The highest BCUT2D eigenvalue weighted by Gasteiger charge is 2.04. The molecule has 0 fully saturated rings. The zero-order valence-electron chi connectivity index (χ0n) is 10.3. The molecule has 5 heteroatoms. The van der Waals surface area contributed by atoms with Gasteiger partial charge in [0.2, 0.25) is 5.91 Å². The van der Waals surface area contributed by atoms with Crippen LogP contribution in [0.25, 0.3) is 0 Å². The fourth-order valence-corrected chi connectivity index (χ4v) is 1.57. The van der Waals surface area contributed by atoms with Crippen LogP contribution in [0.1, 0.15) is 5.56 Å². The summed E-state index contributed by atoms with van der Waals surface area (Å²) in [6, 6.07) is 5.55. The monoisotopic (exact) mass is 256 g/mol. The molecule has 0 aromatic heterocycles. The van der Waals surface area contributed by atoms with E-state index in [9.17, 15) is 4.79 Å². The number of nitrogens with zero attached hydrogens (tertiary/aromatic N) is 1. The van der Waals surface area contributed by atoms with E-state index < -0.39 is 0 Å². The minimum absolute atomic E-state index is 0.0459. The number of halogens is 1. The van der Waals surface area contributed by atoms with Crippen LogP contribution >= 0.6 is 11.6 Å². The van der Waals surface area contributed by atoms with Crippen molar-refractivity contribution in [2.75, 3.05) is 27.7 Å². The number of ether oxygens (including phenoxy) is 1. The summed E-state index contributed by atoms with van der Waals surface area (Å²) in [4.78, 5) is 12.9. The molecule has 94 valence electrons. The summed E-state index contributed by atoms with van der Waals surface area (Å²) >= 11 is 5.99. The average molecular weight is 257 g/mol. The third kappa shape index (κ3) is 4.24. The molecule has 0 spiro atoms. The lowest BCUT2D eigenvalue weighted by Crippen LogP contribution is -2.32. The number of carbonyl (C=O) groups excluding carboxylic acids is 1. The first-order valence-corrected chi connectivity index (χ1v) is 5.65. The van der Waals surface area contributed by atoms with Gasteiger partial charge in [-0.25, -0.2) is 0 Å². The number of methoxy groups -OCH3 is 1. The Hall–Kier alpha value is -1.26. The second-order valence-corrected chi connectivity index (χ2v) is 4.27. The van der Waals surface area contributed by atoms with Crippen LogP contribution in [0.2, 0.25) is 5.02 Å². The highest BCUT2D eigenvalue weighted by molar-refractivity contribution is 6.32. The molecule has 1 amide bonds. The fourth-order valence-electron chi connectivity index (χ4n) is 1.29. The minimum atomic E-state index is 0.0459. The number of nitrogens with one attached hydrogen (secondary N) is 1. The Balaban J connectivity index is 2.47. The Morgan fingerprint density at radius 1 is 1.47 bits per heavy atom. The van der Waals surface area contributed by atoms with Crippen LogP contribution in [-0.2, 0) is 11.3 Å². The van der Waals surface area contributed by atoms with Crippen molar-refractivity contribution in [2.24, 2.45) is 0 Å². The van der Waals surface area contributed by atoms with E-state index in [0.29, 0.717) is 23.9 Å². The quantitative estimate of drug-likeness (QED) is 0.869. The topological polar surface area (TPSA) is 41.6 Å². The van der Waals surface area contributed by atoms with Gasteiger partial charge in [0, 0.05) is 20.6 Å². The summed E-state index contributed by atoms with van der Waals surface area (Å²) in [5.41, 5.74) is 1.02. The number of benzene rings is 1. The van der Waals surface area contributed by atoms with Crippen molar-refractivity contribution in [3.8, 4) is 5.75 Å². The summed E-state index contributed by atoms with van der Waals surface area (Å²) < 4.78 is 5.06. The molecular formula is C12H17ClN2O2. The Labute approximate surface area is 107 Å². The van der Waals surface area contributed by atoms with Crippen molar-refractivity contribution in [2.45, 2.75) is 6.54 Å². The van der Waals surface area contributed by atoms with Gasteiger partial charge in [-0.15, -0.1) is 0 Å². The normalized spacial score (nSPS) is 10.1. The van der Waals surface area contributed by atoms with E-state index in [4.69, 9.17) is 16.3 Å². The third-order valence-electron chi connectivity index (χ3n) is 2.32. The highest BCUT2D eigenvalue weighted by Crippen LogP contribution is 2.24. The van der Waals surface area contributed by atoms with Crippen LogP contribution in [-0.4, -0.2) is 38.6 Å². The van der Waals surface area contributed by atoms with Gasteiger partial charge in [0.1, 0.15) is 5.75 Å². The van der Waals surface area contributed by atoms with Gasteiger partial charge in [-0.2, -0.15) is 0 Å². The molecule has 0 aliphatic rings. The first-order valence-electron chi connectivity index (χ1n) is 5.28. The maximum Gasteiger partial charge on any atom is 0.236 e. The largest absolute Gasteiger partial charge is 0.495 e. The molecule has 0 radical (unpaired) electrons. The van der Waals surface area contributed by atoms with Crippen LogP contribution in [0.15, 0.2) is 18.2 Å². The second kappa shape index (κ2) is 6.47. The first-order chi connectivity index (χ1) is 8.04. The third-order valence-corrected chi connectivity index (χ3v) is 2.62. The zero-order valence-corrected chi connectivity index (χ0v) is 11.0. The maximum atomic E-state index is 11.3. The molecule has 0 atom stereocenters. The summed E-state index contributed by atoms with van der Waals surface area (Å²) in [6.07, 6.45) is 0. The zero-order chi connectivity index (χ0) is 12.8. The lowest BCUT2D eigenvalue weighted by atomic mass is 10.2. The summed E-state index contributed by atoms with van der Waals surface area (Å²) in [6.45, 7) is 0.917. The molecule has 0 saturated carbocycles. The van der Waals surface area contributed by atoms with Gasteiger partial charge in [-0.1, -0.05) is 17.7 Å². The van der Waals surface area contributed by atoms with Crippen LogP contribution < -0.4 is 10.1 Å². The summed E-state index contributed by atoms with van der Waals surface area (Å²) in [5.74, 6) is 0.699. The van der Waals surface area contributed by atoms with Crippen LogP contribution in [0.3, 0.4) is 0 Å². The smallest absolute Gasteiger partial charge is 0.236 e. The number of rotatable bonds is 5. The lowest BCUT2D eigenvalue weighted by Gasteiger charge is -2.11. The molecule has 0 heterocycles. The molecule has 0 aliphatic carbocycles. The molecule has 0 aliphatic heterocycles. The van der Waals surface area contributed by atoms with E-state index in [1.807, 2.05) is 18.2 Å². The van der Waals surface area contributed by atoms with E-state index in [0.717, 1.165) is 5.56 Å². The molecule has 0 bridgehead atoms. The number of likely N-dealkylation sites (N-methyl/N-ethyl adjacent to an activating group) is 1. The minimum Gasteiger partial charge on any atom is -0.495 e.